The third-order valence-corrected chi connectivity index (χ3v) is 9.08. The van der Waals surface area contributed by atoms with Gasteiger partial charge in [-0.25, -0.2) is 9.08 Å². The average molecular weight is 686 g/mol. The summed E-state index contributed by atoms with van der Waals surface area (Å²) in [7, 11) is -4.51. The number of para-hydroxylation sites is 1. The van der Waals surface area contributed by atoms with Crippen LogP contribution in [0.25, 0.3) is 5.52 Å². The molecule has 1 fully saturated rings. The molecule has 0 unspecified atom stereocenters. The smallest absolute Gasteiger partial charge is 0.459 e. The Labute approximate surface area is 278 Å². The van der Waals surface area contributed by atoms with Crippen molar-refractivity contribution in [2.75, 3.05) is 18.9 Å². The normalized spacial score (nSPS) is 22.3. The maximum Gasteiger partial charge on any atom is 0.459 e. The SMILES string of the molecule is CCCCOC(=O)[C@H](C)N[P@](=O)(OC[C@@]1(C#N)O[C@@H](c2ccc3c(N)ccnn23)[C@H](OC(=O)CC)[C@@H]1OC(=O)CC)Oc1ccccc1. The van der Waals surface area contributed by atoms with Gasteiger partial charge in [0.15, 0.2) is 12.2 Å². The van der Waals surface area contributed by atoms with Crippen LogP contribution >= 0.6 is 7.75 Å². The molecule has 0 amide bonds. The van der Waals surface area contributed by atoms with Crippen molar-refractivity contribution in [3.8, 4) is 11.8 Å². The van der Waals surface area contributed by atoms with Gasteiger partial charge in [-0.2, -0.15) is 15.4 Å². The molecule has 0 aliphatic carbocycles. The van der Waals surface area contributed by atoms with Crippen molar-refractivity contribution in [3.05, 3.63) is 60.4 Å². The zero-order valence-electron chi connectivity index (χ0n) is 27.2. The summed E-state index contributed by atoms with van der Waals surface area (Å²) < 4.78 is 50.4. The maximum absolute atomic E-state index is 14.3. The fraction of sp³-hybridized carbons (Fsp3) is 0.469. The Morgan fingerprint density at radius 2 is 1.81 bits per heavy atom. The number of benzene rings is 1. The minimum atomic E-state index is -4.51. The molecule has 0 saturated carbocycles. The van der Waals surface area contributed by atoms with E-state index in [-0.39, 0.29) is 25.2 Å². The highest BCUT2D eigenvalue weighted by molar-refractivity contribution is 7.52. The number of nitrogens with zero attached hydrogens (tertiary/aromatic N) is 3. The molecule has 6 atom stereocenters. The molecule has 1 saturated heterocycles. The summed E-state index contributed by atoms with van der Waals surface area (Å²) in [4.78, 5) is 38.2. The van der Waals surface area contributed by atoms with Crippen molar-refractivity contribution < 1.29 is 46.9 Å². The van der Waals surface area contributed by atoms with E-state index < -0.39 is 62.2 Å². The Balaban J connectivity index is 1.74. The van der Waals surface area contributed by atoms with Gasteiger partial charge in [-0.3, -0.25) is 18.9 Å². The minimum absolute atomic E-state index is 0.0376. The van der Waals surface area contributed by atoms with E-state index in [1.165, 1.54) is 29.8 Å². The number of nitrogen functional groups attached to an aromatic ring is 1. The van der Waals surface area contributed by atoms with Crippen LogP contribution in [-0.4, -0.2) is 64.6 Å². The number of carbonyl (C=O) groups is 3. The second kappa shape index (κ2) is 16.1. The van der Waals surface area contributed by atoms with Gasteiger partial charge in [-0.1, -0.05) is 45.4 Å². The van der Waals surface area contributed by atoms with Crippen LogP contribution in [0.5, 0.6) is 5.75 Å². The predicted octanol–water partition coefficient (Wildman–Crippen LogP) is 4.42. The number of hydrogen-bond acceptors (Lipinski definition) is 13. The molecule has 3 aromatic rings. The third kappa shape index (κ3) is 8.32. The highest BCUT2D eigenvalue weighted by atomic mass is 31.2. The van der Waals surface area contributed by atoms with Crippen molar-refractivity contribution in [3.63, 3.8) is 0 Å². The van der Waals surface area contributed by atoms with E-state index in [1.54, 1.807) is 50.2 Å². The van der Waals surface area contributed by atoms with E-state index in [0.717, 1.165) is 6.42 Å². The maximum atomic E-state index is 14.3. The van der Waals surface area contributed by atoms with Crippen LogP contribution in [0.15, 0.2) is 54.7 Å². The molecule has 2 aromatic heterocycles. The van der Waals surface area contributed by atoms with Gasteiger partial charge < -0.3 is 29.2 Å². The number of nitrogens with one attached hydrogen (secondary N) is 1. The molecule has 4 rings (SSSR count). The van der Waals surface area contributed by atoms with E-state index in [2.05, 4.69) is 10.2 Å². The zero-order valence-corrected chi connectivity index (χ0v) is 28.1. The Morgan fingerprint density at radius 3 is 2.48 bits per heavy atom. The quantitative estimate of drug-likeness (QED) is 0.0928. The summed E-state index contributed by atoms with van der Waals surface area (Å²) in [6.45, 7) is 5.82. The van der Waals surface area contributed by atoms with Crippen LogP contribution in [-0.2, 0) is 42.4 Å². The molecule has 0 spiro atoms. The van der Waals surface area contributed by atoms with Crippen molar-refractivity contribution >= 4 is 36.9 Å². The molecule has 3 heterocycles. The fourth-order valence-corrected chi connectivity index (χ4v) is 6.41. The first kappa shape index (κ1) is 36.4. The number of esters is 3. The van der Waals surface area contributed by atoms with Gasteiger partial charge in [0.05, 0.1) is 23.5 Å². The van der Waals surface area contributed by atoms with E-state index >= 15 is 0 Å². The zero-order chi connectivity index (χ0) is 34.9. The Bertz CT molecular complexity index is 1680. The summed E-state index contributed by atoms with van der Waals surface area (Å²) in [5, 5.41) is 17.6. The first-order chi connectivity index (χ1) is 23.0. The molecule has 3 N–H and O–H groups in total. The van der Waals surface area contributed by atoms with Crippen LogP contribution in [0.3, 0.4) is 0 Å². The lowest BCUT2D eigenvalue weighted by atomic mass is 9.95. The lowest BCUT2D eigenvalue weighted by molar-refractivity contribution is -0.169. The number of anilines is 1. The summed E-state index contributed by atoms with van der Waals surface area (Å²) in [5.74, 6) is -1.97. The number of carbonyl (C=O) groups excluding carboxylic acids is 3. The first-order valence-corrected chi connectivity index (χ1v) is 17.2. The molecule has 1 aliphatic rings. The standard InChI is InChI=1S/C32H40N5O10P/c1-5-8-18-42-31(40)21(4)36-48(41,47-22-12-10-9-11-13-22)43-20-32(19-33)30(45-27(39)7-3)29(44-26(38)6-2)28(46-32)25-15-14-24-23(34)16-17-35-37(24)25/h9-17,21,28-30H,5-8,18,20,34H2,1-4H3,(H,36,41)/t21-,28-,29-,30-,32+,48-/m0/s1. The number of fused-ring (bicyclic) bond motifs is 1. The van der Waals surface area contributed by atoms with Crippen molar-refractivity contribution in [2.24, 2.45) is 0 Å². The van der Waals surface area contributed by atoms with E-state index in [1.807, 2.05) is 13.0 Å². The molecular weight excluding hydrogens is 645 g/mol. The summed E-state index contributed by atoms with van der Waals surface area (Å²) in [6.07, 6.45) is -1.40. The van der Waals surface area contributed by atoms with Gasteiger partial charge in [0.25, 0.3) is 0 Å². The monoisotopic (exact) mass is 685 g/mol. The van der Waals surface area contributed by atoms with Crippen LogP contribution in [0.1, 0.15) is 65.2 Å². The van der Waals surface area contributed by atoms with Crippen LogP contribution < -0.4 is 15.3 Å². The second-order valence-corrected chi connectivity index (χ2v) is 12.7. The van der Waals surface area contributed by atoms with Crippen LogP contribution in [0, 0.1) is 11.3 Å². The second-order valence-electron chi connectivity index (χ2n) is 11.0. The molecule has 258 valence electrons. The van der Waals surface area contributed by atoms with Crippen molar-refractivity contribution in [1.29, 1.82) is 5.26 Å². The highest BCUT2D eigenvalue weighted by Gasteiger charge is 2.62. The number of ether oxygens (including phenoxy) is 4. The first-order valence-electron chi connectivity index (χ1n) is 15.6. The summed E-state index contributed by atoms with van der Waals surface area (Å²) in [6, 6.07) is 13.8. The van der Waals surface area contributed by atoms with Crippen LogP contribution in [0.2, 0.25) is 0 Å². The Kier molecular flexibility index (Phi) is 12.2. The van der Waals surface area contributed by atoms with Gasteiger partial charge >= 0.3 is 25.7 Å². The third-order valence-electron chi connectivity index (χ3n) is 7.46. The minimum Gasteiger partial charge on any atom is -0.465 e. The molecule has 1 aromatic carbocycles. The van der Waals surface area contributed by atoms with Gasteiger partial charge in [0, 0.05) is 19.0 Å². The van der Waals surface area contributed by atoms with E-state index in [0.29, 0.717) is 23.3 Å². The highest BCUT2D eigenvalue weighted by Crippen LogP contribution is 2.50. The lowest BCUT2D eigenvalue weighted by Gasteiger charge is -2.30. The number of rotatable bonds is 16. The predicted molar refractivity (Wildman–Crippen MR) is 171 cm³/mol. The molecular formula is C32H40N5O10P. The number of unbranched alkanes of at least 4 members (excludes halogenated alkanes) is 1. The van der Waals surface area contributed by atoms with Gasteiger partial charge in [-0.05, 0) is 43.7 Å². The Hall–Kier alpha value is -4.48. The van der Waals surface area contributed by atoms with Gasteiger partial charge in [0.1, 0.15) is 30.6 Å². The number of nitrogens with two attached hydrogens (primary N) is 1. The number of aromatic nitrogens is 2. The summed E-state index contributed by atoms with van der Waals surface area (Å²) in [5.41, 5.74) is 5.16. The van der Waals surface area contributed by atoms with E-state index in [9.17, 15) is 24.2 Å². The topological polar surface area (TPSA) is 203 Å². The average Bonchev–Trinajstić information content (AvgIpc) is 3.64. The van der Waals surface area contributed by atoms with E-state index in [4.69, 9.17) is 33.7 Å². The van der Waals surface area contributed by atoms with Crippen molar-refractivity contribution in [2.45, 2.75) is 83.3 Å². The molecule has 15 nitrogen and oxygen atoms in total. The molecule has 16 heteroatoms. The Morgan fingerprint density at radius 1 is 1.10 bits per heavy atom. The molecule has 0 bridgehead atoms. The molecule has 48 heavy (non-hydrogen) atoms. The molecule has 0 radical (unpaired) electrons. The summed E-state index contributed by atoms with van der Waals surface area (Å²) >= 11 is 0. The van der Waals surface area contributed by atoms with Crippen LogP contribution in [0.4, 0.5) is 5.69 Å². The lowest BCUT2D eigenvalue weighted by Crippen LogP contribution is -2.49. The largest absolute Gasteiger partial charge is 0.465 e. The number of hydrogen-bond donors (Lipinski definition) is 2. The van der Waals surface area contributed by atoms with Gasteiger partial charge in [-0.15, -0.1) is 0 Å². The van der Waals surface area contributed by atoms with Crippen molar-refractivity contribution in [1.82, 2.24) is 14.7 Å². The fourth-order valence-electron chi connectivity index (χ4n) is 4.89. The van der Waals surface area contributed by atoms with Gasteiger partial charge in [0.2, 0.25) is 5.60 Å². The molecule has 1 aliphatic heterocycles. The number of nitriles is 1.